The number of amides is 2. The Morgan fingerprint density at radius 3 is 1.89 bits per heavy atom. The number of hydrogen-bond acceptors (Lipinski definition) is 2. The average Bonchev–Trinajstić information content (AvgIpc) is 2.73. The standard InChI is InChI=1S/C23H21FN2O2/c24-21-12-10-20(11-13-21)23(28)26-16-18-6-8-19(9-7-18)22(27)25-15-14-17-4-2-1-3-5-17/h1-13H,14-16H2,(H,25,27)(H,26,28). The summed E-state index contributed by atoms with van der Waals surface area (Å²) >= 11 is 0. The second-order valence-corrected chi connectivity index (χ2v) is 6.38. The third-order valence-electron chi connectivity index (χ3n) is 4.32. The molecule has 0 heterocycles. The number of nitrogens with one attached hydrogen (secondary N) is 2. The van der Waals surface area contributed by atoms with Crippen molar-refractivity contribution in [3.8, 4) is 0 Å². The second kappa shape index (κ2) is 9.46. The minimum absolute atomic E-state index is 0.127. The maximum atomic E-state index is 12.9. The lowest BCUT2D eigenvalue weighted by molar-refractivity contribution is 0.0943. The molecule has 0 bridgehead atoms. The molecule has 0 saturated carbocycles. The minimum atomic E-state index is -0.380. The second-order valence-electron chi connectivity index (χ2n) is 6.38. The van der Waals surface area contributed by atoms with E-state index < -0.39 is 0 Å². The van der Waals surface area contributed by atoms with Crippen molar-refractivity contribution in [2.75, 3.05) is 6.54 Å². The molecule has 3 aromatic rings. The Bertz CT molecular complexity index is 923. The zero-order valence-corrected chi connectivity index (χ0v) is 15.3. The van der Waals surface area contributed by atoms with Gasteiger partial charge in [-0.05, 0) is 53.9 Å². The Hall–Kier alpha value is -3.47. The third kappa shape index (κ3) is 5.51. The summed E-state index contributed by atoms with van der Waals surface area (Å²) in [7, 11) is 0. The molecule has 2 amide bonds. The molecule has 5 heteroatoms. The summed E-state index contributed by atoms with van der Waals surface area (Å²) in [5.74, 6) is -0.783. The summed E-state index contributed by atoms with van der Waals surface area (Å²) in [5.41, 5.74) is 3.02. The van der Waals surface area contributed by atoms with Crippen LogP contribution in [0.1, 0.15) is 31.8 Å². The van der Waals surface area contributed by atoms with Crippen molar-refractivity contribution < 1.29 is 14.0 Å². The molecule has 142 valence electrons. The number of rotatable bonds is 7. The molecule has 0 aliphatic carbocycles. The van der Waals surface area contributed by atoms with E-state index in [1.165, 1.54) is 29.8 Å². The van der Waals surface area contributed by atoms with Crippen molar-refractivity contribution in [1.29, 1.82) is 0 Å². The molecule has 0 atom stereocenters. The Labute approximate surface area is 163 Å². The fourth-order valence-electron chi connectivity index (χ4n) is 2.73. The molecule has 3 aromatic carbocycles. The maximum Gasteiger partial charge on any atom is 0.251 e. The molecule has 4 nitrogen and oxygen atoms in total. The molecule has 0 aromatic heterocycles. The van der Waals surface area contributed by atoms with Gasteiger partial charge in [0.15, 0.2) is 0 Å². The van der Waals surface area contributed by atoms with Gasteiger partial charge in [-0.2, -0.15) is 0 Å². The SMILES string of the molecule is O=C(NCCc1ccccc1)c1ccc(CNC(=O)c2ccc(F)cc2)cc1. The Morgan fingerprint density at radius 2 is 1.25 bits per heavy atom. The van der Waals surface area contributed by atoms with Crippen LogP contribution in [-0.4, -0.2) is 18.4 Å². The van der Waals surface area contributed by atoms with Gasteiger partial charge in [0.25, 0.3) is 11.8 Å². The molecule has 0 fully saturated rings. The van der Waals surface area contributed by atoms with Crippen LogP contribution >= 0.6 is 0 Å². The summed E-state index contributed by atoms with van der Waals surface area (Å²) in [5, 5.41) is 5.68. The van der Waals surface area contributed by atoms with Gasteiger partial charge in [-0.15, -0.1) is 0 Å². The van der Waals surface area contributed by atoms with Crippen molar-refractivity contribution in [2.24, 2.45) is 0 Å². The van der Waals surface area contributed by atoms with Crippen molar-refractivity contribution in [3.63, 3.8) is 0 Å². The lowest BCUT2D eigenvalue weighted by Gasteiger charge is -2.08. The molecule has 0 spiro atoms. The molecule has 0 radical (unpaired) electrons. The largest absolute Gasteiger partial charge is 0.352 e. The highest BCUT2D eigenvalue weighted by molar-refractivity contribution is 5.94. The zero-order valence-electron chi connectivity index (χ0n) is 15.3. The molecule has 2 N–H and O–H groups in total. The van der Waals surface area contributed by atoms with Crippen LogP contribution in [0.3, 0.4) is 0 Å². The quantitative estimate of drug-likeness (QED) is 0.660. The monoisotopic (exact) mass is 376 g/mol. The minimum Gasteiger partial charge on any atom is -0.352 e. The number of benzene rings is 3. The van der Waals surface area contributed by atoms with E-state index in [-0.39, 0.29) is 17.6 Å². The summed E-state index contributed by atoms with van der Waals surface area (Å²) in [6.07, 6.45) is 0.778. The lowest BCUT2D eigenvalue weighted by atomic mass is 10.1. The predicted octanol–water partition coefficient (Wildman–Crippen LogP) is 3.73. The number of hydrogen-bond donors (Lipinski definition) is 2. The van der Waals surface area contributed by atoms with Gasteiger partial charge >= 0.3 is 0 Å². The normalized spacial score (nSPS) is 10.3. The van der Waals surface area contributed by atoms with Gasteiger partial charge in [0.2, 0.25) is 0 Å². The van der Waals surface area contributed by atoms with Crippen LogP contribution in [0.2, 0.25) is 0 Å². The zero-order chi connectivity index (χ0) is 19.8. The smallest absolute Gasteiger partial charge is 0.251 e. The van der Waals surface area contributed by atoms with Gasteiger partial charge in [-0.25, -0.2) is 4.39 Å². The van der Waals surface area contributed by atoms with Crippen LogP contribution in [0.5, 0.6) is 0 Å². The van der Waals surface area contributed by atoms with Crippen molar-refractivity contribution in [1.82, 2.24) is 10.6 Å². The van der Waals surface area contributed by atoms with Gasteiger partial charge in [-0.3, -0.25) is 9.59 Å². The van der Waals surface area contributed by atoms with Crippen molar-refractivity contribution in [3.05, 3.63) is 107 Å². The number of halogens is 1. The lowest BCUT2D eigenvalue weighted by Crippen LogP contribution is -2.26. The molecule has 3 rings (SSSR count). The van der Waals surface area contributed by atoms with Crippen LogP contribution in [0.25, 0.3) is 0 Å². The molecule has 28 heavy (non-hydrogen) atoms. The molecule has 0 saturated heterocycles. The average molecular weight is 376 g/mol. The molecular formula is C23H21FN2O2. The van der Waals surface area contributed by atoms with E-state index in [0.29, 0.717) is 24.2 Å². The van der Waals surface area contributed by atoms with E-state index in [4.69, 9.17) is 0 Å². The fourth-order valence-corrected chi connectivity index (χ4v) is 2.73. The summed E-state index contributed by atoms with van der Waals surface area (Å²) < 4.78 is 12.9. The molecule has 0 aliphatic rings. The van der Waals surface area contributed by atoms with Crippen molar-refractivity contribution in [2.45, 2.75) is 13.0 Å². The number of carbonyl (C=O) groups excluding carboxylic acids is 2. The highest BCUT2D eigenvalue weighted by atomic mass is 19.1. The first-order valence-corrected chi connectivity index (χ1v) is 9.06. The van der Waals surface area contributed by atoms with E-state index in [9.17, 15) is 14.0 Å². The highest BCUT2D eigenvalue weighted by Gasteiger charge is 2.07. The van der Waals surface area contributed by atoms with Crippen molar-refractivity contribution >= 4 is 11.8 Å². The Kier molecular flexibility index (Phi) is 6.52. The Balaban J connectivity index is 1.46. The van der Waals surface area contributed by atoms with Gasteiger partial charge in [0.05, 0.1) is 0 Å². The van der Waals surface area contributed by atoms with Gasteiger partial charge in [0, 0.05) is 24.2 Å². The van der Waals surface area contributed by atoms with Crippen LogP contribution in [0.4, 0.5) is 4.39 Å². The van der Waals surface area contributed by atoms with E-state index >= 15 is 0 Å². The topological polar surface area (TPSA) is 58.2 Å². The van der Waals surface area contributed by atoms with E-state index in [0.717, 1.165) is 12.0 Å². The first-order chi connectivity index (χ1) is 13.6. The summed E-state index contributed by atoms with van der Waals surface area (Å²) in [6.45, 7) is 0.893. The third-order valence-corrected chi connectivity index (χ3v) is 4.32. The van der Waals surface area contributed by atoms with Crippen LogP contribution < -0.4 is 10.6 Å². The highest BCUT2D eigenvalue weighted by Crippen LogP contribution is 2.07. The van der Waals surface area contributed by atoms with E-state index in [1.807, 2.05) is 30.3 Å². The first kappa shape index (κ1) is 19.3. The van der Waals surface area contributed by atoms with Gasteiger partial charge in [-0.1, -0.05) is 42.5 Å². The van der Waals surface area contributed by atoms with Crippen LogP contribution in [-0.2, 0) is 13.0 Å². The van der Waals surface area contributed by atoms with Crippen LogP contribution in [0.15, 0.2) is 78.9 Å². The predicted molar refractivity (Wildman–Crippen MR) is 106 cm³/mol. The Morgan fingerprint density at radius 1 is 0.679 bits per heavy atom. The van der Waals surface area contributed by atoms with Crippen LogP contribution in [0, 0.1) is 5.82 Å². The van der Waals surface area contributed by atoms with Gasteiger partial charge in [0.1, 0.15) is 5.82 Å². The molecular weight excluding hydrogens is 355 g/mol. The fraction of sp³-hybridized carbons (Fsp3) is 0.130. The van der Waals surface area contributed by atoms with E-state index in [2.05, 4.69) is 10.6 Å². The van der Waals surface area contributed by atoms with Gasteiger partial charge < -0.3 is 10.6 Å². The number of carbonyl (C=O) groups is 2. The molecule has 0 unspecified atom stereocenters. The molecule has 0 aliphatic heterocycles. The summed E-state index contributed by atoms with van der Waals surface area (Å²) in [6, 6.07) is 22.4. The maximum absolute atomic E-state index is 12.9. The first-order valence-electron chi connectivity index (χ1n) is 9.06. The van der Waals surface area contributed by atoms with E-state index in [1.54, 1.807) is 24.3 Å². The summed E-state index contributed by atoms with van der Waals surface area (Å²) in [4.78, 5) is 24.3.